The number of aromatic nitrogens is 1. The van der Waals surface area contributed by atoms with Crippen molar-refractivity contribution in [2.45, 2.75) is 83.7 Å². The van der Waals surface area contributed by atoms with Crippen LogP contribution >= 0.6 is 11.6 Å². The van der Waals surface area contributed by atoms with Crippen LogP contribution in [0.15, 0.2) is 30.5 Å². The fraction of sp³-hybridized carbons (Fsp3) is 0.538. The van der Waals surface area contributed by atoms with E-state index in [0.717, 1.165) is 0 Å². The van der Waals surface area contributed by atoms with Gasteiger partial charge in [-0.2, -0.15) is 0 Å². The van der Waals surface area contributed by atoms with Crippen molar-refractivity contribution in [1.29, 1.82) is 0 Å². The van der Waals surface area contributed by atoms with Gasteiger partial charge in [0.25, 0.3) is 0 Å². The zero-order valence-corrected chi connectivity index (χ0v) is 22.7. The number of benzene rings is 1. The number of hydrogen-bond donors (Lipinski definition) is 1. The Morgan fingerprint density at radius 1 is 1.22 bits per heavy atom. The molecule has 2 aliphatic rings. The summed E-state index contributed by atoms with van der Waals surface area (Å²) in [5, 5.41) is 2.73. The Morgan fingerprint density at radius 2 is 1.86 bits per heavy atom. The summed E-state index contributed by atoms with van der Waals surface area (Å²) in [6, 6.07) is 6.70. The van der Waals surface area contributed by atoms with Crippen molar-refractivity contribution in [2.24, 2.45) is 0 Å². The number of halogens is 2. The van der Waals surface area contributed by atoms with Gasteiger partial charge in [0.15, 0.2) is 5.60 Å². The molecule has 0 saturated carbocycles. The second kappa shape index (κ2) is 8.89. The van der Waals surface area contributed by atoms with E-state index in [-0.39, 0.29) is 11.6 Å². The molecule has 0 unspecified atom stereocenters. The molecule has 7 nitrogen and oxygen atoms in total. The van der Waals surface area contributed by atoms with Crippen LogP contribution in [-0.2, 0) is 19.6 Å². The summed E-state index contributed by atoms with van der Waals surface area (Å²) < 4.78 is 39.5. The summed E-state index contributed by atoms with van der Waals surface area (Å²) in [6.07, 6.45) is 1.05. The van der Waals surface area contributed by atoms with Crippen LogP contribution in [0, 0.1) is 5.82 Å². The highest BCUT2D eigenvalue weighted by atomic mass is 35.5. The Morgan fingerprint density at radius 3 is 2.42 bits per heavy atom. The number of nitrogens with one attached hydrogen (secondary N) is 1. The average molecular weight is 519 g/mol. The van der Waals surface area contributed by atoms with Crippen LogP contribution in [0.5, 0.6) is 5.75 Å². The summed E-state index contributed by atoms with van der Waals surface area (Å²) >= 11 is 6.55. The molecule has 2 aromatic rings. The highest BCUT2D eigenvalue weighted by Crippen LogP contribution is 2.51. The van der Waals surface area contributed by atoms with E-state index in [1.54, 1.807) is 33.0 Å². The Balaban J connectivity index is 1.79. The number of amides is 1. The molecule has 2 atom stereocenters. The number of rotatable bonds is 4. The van der Waals surface area contributed by atoms with Crippen LogP contribution in [-0.4, -0.2) is 41.5 Å². The SMILES string of the molecule is C[C@H]1c2c(cc(F)c(Cl)c2B2OC(C)(C)C(C)(C)O2)O[C@]1(CNC(=O)OC(C)(C)C)c1ccccn1. The van der Waals surface area contributed by atoms with Crippen molar-refractivity contribution < 1.29 is 28.0 Å². The van der Waals surface area contributed by atoms with Crippen LogP contribution in [0.3, 0.4) is 0 Å². The lowest BCUT2D eigenvalue weighted by Crippen LogP contribution is -2.48. The maximum Gasteiger partial charge on any atom is 0.496 e. The molecule has 0 spiro atoms. The van der Waals surface area contributed by atoms with Gasteiger partial charge in [-0.3, -0.25) is 4.98 Å². The maximum atomic E-state index is 15.1. The minimum Gasteiger partial charge on any atom is -0.478 e. The van der Waals surface area contributed by atoms with Gasteiger partial charge in [0.2, 0.25) is 0 Å². The van der Waals surface area contributed by atoms with Gasteiger partial charge < -0.3 is 24.1 Å². The molecule has 1 amide bonds. The molecule has 1 aromatic heterocycles. The maximum absolute atomic E-state index is 15.1. The van der Waals surface area contributed by atoms with Gasteiger partial charge in [-0.15, -0.1) is 0 Å². The van der Waals surface area contributed by atoms with Crippen molar-refractivity contribution >= 4 is 30.3 Å². The topological polar surface area (TPSA) is 78.9 Å². The molecule has 0 aliphatic carbocycles. The number of nitrogens with zero attached hydrogens (tertiary/aromatic N) is 1. The second-order valence-corrected chi connectivity index (χ2v) is 11.7. The summed E-state index contributed by atoms with van der Waals surface area (Å²) in [5.74, 6) is -0.764. The normalized spacial score (nSPS) is 24.3. The van der Waals surface area contributed by atoms with Crippen LogP contribution in [0.1, 0.15) is 72.6 Å². The quantitative estimate of drug-likeness (QED) is 0.568. The second-order valence-electron chi connectivity index (χ2n) is 11.4. The Labute approximate surface area is 217 Å². The third-order valence-corrected chi connectivity index (χ3v) is 7.55. The fourth-order valence-corrected chi connectivity index (χ4v) is 4.81. The molecule has 10 heteroatoms. The first-order valence-electron chi connectivity index (χ1n) is 12.0. The predicted octanol–water partition coefficient (Wildman–Crippen LogP) is 5.09. The van der Waals surface area contributed by atoms with Crippen LogP contribution in [0.4, 0.5) is 9.18 Å². The molecule has 1 saturated heterocycles. The molecule has 1 fully saturated rings. The molecule has 0 radical (unpaired) electrons. The minimum atomic E-state index is -1.16. The molecule has 194 valence electrons. The number of carbonyl (C=O) groups is 1. The molecule has 1 N–H and O–H groups in total. The van der Waals surface area contributed by atoms with Gasteiger partial charge in [0.1, 0.15) is 17.2 Å². The lowest BCUT2D eigenvalue weighted by Gasteiger charge is -2.33. The number of pyridine rings is 1. The smallest absolute Gasteiger partial charge is 0.478 e. The monoisotopic (exact) mass is 518 g/mol. The van der Waals surface area contributed by atoms with Crippen LogP contribution in [0.25, 0.3) is 0 Å². The number of hydrogen-bond acceptors (Lipinski definition) is 6. The summed E-state index contributed by atoms with van der Waals surface area (Å²) in [5.41, 5.74) is -1.53. The van der Waals surface area contributed by atoms with Gasteiger partial charge in [0, 0.05) is 29.2 Å². The fourth-order valence-electron chi connectivity index (χ4n) is 4.56. The van der Waals surface area contributed by atoms with E-state index in [0.29, 0.717) is 22.5 Å². The summed E-state index contributed by atoms with van der Waals surface area (Å²) in [6.45, 7) is 15.0. The van der Waals surface area contributed by atoms with Crippen molar-refractivity contribution in [2.75, 3.05) is 6.54 Å². The van der Waals surface area contributed by atoms with Crippen LogP contribution < -0.4 is 15.5 Å². The van der Waals surface area contributed by atoms with E-state index >= 15 is 4.39 Å². The molecule has 36 heavy (non-hydrogen) atoms. The van der Waals surface area contributed by atoms with Crippen molar-refractivity contribution in [3.05, 3.63) is 52.6 Å². The standard InChI is InChI=1S/C26H33BClFN2O5/c1-15-19-17(13-16(29)21(28)20(19)27-35-24(5,6)25(7,8)36-27)33-26(15,18-11-9-10-12-30-18)14-31-22(32)34-23(2,3)4/h9-13,15H,14H2,1-8H3,(H,31,32)/t15-,26-/m0/s1. The number of fused-ring (bicyclic) bond motifs is 1. The van der Waals surface area contributed by atoms with Gasteiger partial charge in [0.05, 0.1) is 28.5 Å². The molecule has 0 bridgehead atoms. The lowest BCUT2D eigenvalue weighted by molar-refractivity contribution is 0.00578. The van der Waals surface area contributed by atoms with Crippen molar-refractivity contribution in [3.63, 3.8) is 0 Å². The van der Waals surface area contributed by atoms with E-state index < -0.39 is 47.4 Å². The molecule has 4 rings (SSSR count). The highest BCUT2D eigenvalue weighted by molar-refractivity contribution is 6.66. The Bertz CT molecular complexity index is 1160. The minimum absolute atomic E-state index is 0.0246. The zero-order valence-electron chi connectivity index (χ0n) is 22.0. The number of alkyl carbamates (subject to hydrolysis) is 1. The van der Waals surface area contributed by atoms with Gasteiger partial charge in [-0.1, -0.05) is 24.6 Å². The summed E-state index contributed by atoms with van der Waals surface area (Å²) in [7, 11) is -0.906. The Hall–Kier alpha value is -2.36. The highest BCUT2D eigenvalue weighted by Gasteiger charge is 2.57. The largest absolute Gasteiger partial charge is 0.496 e. The molecular weight excluding hydrogens is 486 g/mol. The zero-order chi connectivity index (χ0) is 26.7. The van der Waals surface area contributed by atoms with E-state index in [9.17, 15) is 4.79 Å². The lowest BCUT2D eigenvalue weighted by atomic mass is 9.70. The van der Waals surface area contributed by atoms with Gasteiger partial charge in [-0.05, 0) is 60.6 Å². The van der Waals surface area contributed by atoms with Crippen molar-refractivity contribution in [3.8, 4) is 5.75 Å². The van der Waals surface area contributed by atoms with Gasteiger partial charge >= 0.3 is 13.2 Å². The number of carbonyl (C=O) groups excluding carboxylic acids is 1. The van der Waals surface area contributed by atoms with E-state index in [1.807, 2.05) is 46.8 Å². The molecular formula is C26H33BClFN2O5. The van der Waals surface area contributed by atoms with Gasteiger partial charge in [-0.25, -0.2) is 9.18 Å². The third kappa shape index (κ3) is 4.57. The molecule has 3 heterocycles. The van der Waals surface area contributed by atoms with E-state index in [1.165, 1.54) is 6.07 Å². The van der Waals surface area contributed by atoms with Crippen LogP contribution in [0.2, 0.25) is 5.02 Å². The Kier molecular flexibility index (Phi) is 6.59. The first-order chi connectivity index (χ1) is 16.6. The van der Waals surface area contributed by atoms with E-state index in [4.69, 9.17) is 30.4 Å². The predicted molar refractivity (Wildman–Crippen MR) is 136 cm³/mol. The third-order valence-electron chi connectivity index (χ3n) is 7.17. The average Bonchev–Trinajstić information content (AvgIpc) is 3.16. The number of ether oxygens (including phenoxy) is 2. The first-order valence-corrected chi connectivity index (χ1v) is 12.4. The first kappa shape index (κ1) is 26.7. The molecule has 2 aliphatic heterocycles. The van der Waals surface area contributed by atoms with Crippen molar-refractivity contribution in [1.82, 2.24) is 10.3 Å². The summed E-state index contributed by atoms with van der Waals surface area (Å²) in [4.78, 5) is 17.1. The molecule has 1 aromatic carbocycles. The van der Waals surface area contributed by atoms with E-state index in [2.05, 4.69) is 10.3 Å².